The molecule has 0 saturated heterocycles. The molecule has 7 heteroatoms. The van der Waals surface area contributed by atoms with Crippen molar-refractivity contribution in [2.24, 2.45) is 0 Å². The minimum atomic E-state index is -0.473. The summed E-state index contributed by atoms with van der Waals surface area (Å²) in [6.07, 6.45) is 1.61. The maximum Gasteiger partial charge on any atom is 0.266 e. The van der Waals surface area contributed by atoms with Crippen LogP contribution in [0.5, 0.6) is 0 Å². The summed E-state index contributed by atoms with van der Waals surface area (Å²) in [5.41, 5.74) is 5.32. The zero-order valence-corrected chi connectivity index (χ0v) is 20.5. The summed E-state index contributed by atoms with van der Waals surface area (Å²) in [6, 6.07) is 15.3. The molecule has 0 bridgehead atoms. The summed E-state index contributed by atoms with van der Waals surface area (Å²) in [6.45, 7) is 5.89. The summed E-state index contributed by atoms with van der Waals surface area (Å²) in [4.78, 5) is 12.8. The quantitative estimate of drug-likeness (QED) is 0.279. The third-order valence-electron chi connectivity index (χ3n) is 4.64. The van der Waals surface area contributed by atoms with Crippen LogP contribution in [0.1, 0.15) is 22.5 Å². The van der Waals surface area contributed by atoms with Crippen LogP contribution in [0, 0.1) is 32.1 Å². The molecule has 0 aliphatic carbocycles. The average molecular weight is 548 g/mol. The van der Waals surface area contributed by atoms with E-state index in [0.717, 1.165) is 37.1 Å². The standard InChI is InChI=1S/C23H18Br2ClN3O/c1-13-8-20(24)22(21(25)9-13)28-23(30)17(12-27)11-16-10-14(2)29(15(16)3)19-6-4-18(26)5-7-19/h4-11H,1-3H3,(H,28,30)/b17-11+. The van der Waals surface area contributed by atoms with Crippen LogP contribution in [0.2, 0.25) is 5.02 Å². The van der Waals surface area contributed by atoms with Crippen LogP contribution in [0.4, 0.5) is 5.69 Å². The number of rotatable bonds is 4. The van der Waals surface area contributed by atoms with Crippen molar-refractivity contribution in [3.8, 4) is 11.8 Å². The van der Waals surface area contributed by atoms with Crippen molar-refractivity contribution in [1.29, 1.82) is 5.26 Å². The zero-order valence-electron chi connectivity index (χ0n) is 16.6. The molecular formula is C23H18Br2ClN3O. The van der Waals surface area contributed by atoms with Gasteiger partial charge in [-0.2, -0.15) is 5.26 Å². The van der Waals surface area contributed by atoms with Crippen LogP contribution in [-0.2, 0) is 4.79 Å². The van der Waals surface area contributed by atoms with Crippen molar-refractivity contribution in [2.75, 3.05) is 5.32 Å². The van der Waals surface area contributed by atoms with Gasteiger partial charge in [0.2, 0.25) is 0 Å². The first-order chi connectivity index (χ1) is 14.2. The molecule has 0 spiro atoms. The number of nitriles is 1. The van der Waals surface area contributed by atoms with Crippen LogP contribution < -0.4 is 5.32 Å². The van der Waals surface area contributed by atoms with E-state index in [2.05, 4.69) is 41.7 Å². The number of nitrogens with zero attached hydrogens (tertiary/aromatic N) is 2. The van der Waals surface area contributed by atoms with E-state index in [0.29, 0.717) is 10.7 Å². The number of nitrogens with one attached hydrogen (secondary N) is 1. The predicted molar refractivity (Wildman–Crippen MR) is 129 cm³/mol. The largest absolute Gasteiger partial charge is 0.319 e. The Labute approximate surface area is 197 Å². The van der Waals surface area contributed by atoms with E-state index >= 15 is 0 Å². The Morgan fingerprint density at radius 3 is 2.27 bits per heavy atom. The van der Waals surface area contributed by atoms with Crippen LogP contribution >= 0.6 is 43.5 Å². The normalized spacial score (nSPS) is 11.3. The van der Waals surface area contributed by atoms with E-state index in [1.807, 2.05) is 69.3 Å². The van der Waals surface area contributed by atoms with Gasteiger partial charge < -0.3 is 9.88 Å². The molecule has 0 aliphatic heterocycles. The van der Waals surface area contributed by atoms with Crippen molar-refractivity contribution in [2.45, 2.75) is 20.8 Å². The Balaban J connectivity index is 1.95. The number of benzene rings is 2. The molecule has 4 nitrogen and oxygen atoms in total. The fraction of sp³-hybridized carbons (Fsp3) is 0.130. The van der Waals surface area contributed by atoms with Crippen molar-refractivity contribution in [3.63, 3.8) is 0 Å². The lowest BCUT2D eigenvalue weighted by molar-refractivity contribution is -0.112. The highest BCUT2D eigenvalue weighted by Crippen LogP contribution is 2.33. The second-order valence-electron chi connectivity index (χ2n) is 6.87. The van der Waals surface area contributed by atoms with Crippen molar-refractivity contribution < 1.29 is 4.79 Å². The van der Waals surface area contributed by atoms with E-state index in [4.69, 9.17) is 11.6 Å². The Morgan fingerprint density at radius 2 is 1.70 bits per heavy atom. The lowest BCUT2D eigenvalue weighted by Gasteiger charge is -2.11. The lowest BCUT2D eigenvalue weighted by atomic mass is 10.1. The molecule has 1 N–H and O–H groups in total. The number of anilines is 1. The van der Waals surface area contributed by atoms with Crippen LogP contribution in [-0.4, -0.2) is 10.5 Å². The number of aromatic nitrogens is 1. The number of carbonyl (C=O) groups is 1. The molecule has 0 aliphatic rings. The molecule has 1 aromatic heterocycles. The van der Waals surface area contributed by atoms with Gasteiger partial charge in [-0.3, -0.25) is 4.79 Å². The van der Waals surface area contributed by atoms with E-state index in [-0.39, 0.29) is 5.57 Å². The number of amides is 1. The fourth-order valence-corrected chi connectivity index (χ4v) is 4.97. The van der Waals surface area contributed by atoms with E-state index < -0.39 is 5.91 Å². The number of carbonyl (C=O) groups excluding carboxylic acids is 1. The summed E-state index contributed by atoms with van der Waals surface area (Å²) >= 11 is 12.9. The van der Waals surface area contributed by atoms with E-state index in [9.17, 15) is 10.1 Å². The molecule has 1 heterocycles. The maximum absolute atomic E-state index is 12.8. The third-order valence-corrected chi connectivity index (χ3v) is 6.15. The third kappa shape index (κ3) is 4.70. The molecule has 0 fully saturated rings. The number of aryl methyl sites for hydroxylation is 2. The summed E-state index contributed by atoms with van der Waals surface area (Å²) in [5.74, 6) is -0.473. The number of hydrogen-bond acceptors (Lipinski definition) is 2. The molecule has 30 heavy (non-hydrogen) atoms. The first kappa shape index (κ1) is 22.4. The van der Waals surface area contributed by atoms with Gasteiger partial charge in [0.1, 0.15) is 11.6 Å². The molecule has 0 unspecified atom stereocenters. The minimum Gasteiger partial charge on any atom is -0.319 e. The van der Waals surface area contributed by atoms with Gasteiger partial charge in [-0.1, -0.05) is 11.6 Å². The van der Waals surface area contributed by atoms with Gasteiger partial charge in [0.15, 0.2) is 0 Å². The molecule has 0 radical (unpaired) electrons. The van der Waals surface area contributed by atoms with Crippen LogP contribution in [0.25, 0.3) is 11.8 Å². The van der Waals surface area contributed by atoms with Gasteiger partial charge in [0, 0.05) is 31.0 Å². The molecule has 3 aromatic rings. The van der Waals surface area contributed by atoms with Gasteiger partial charge >= 0.3 is 0 Å². The Hall–Kier alpha value is -2.33. The highest BCUT2D eigenvalue weighted by atomic mass is 79.9. The molecule has 0 atom stereocenters. The fourth-order valence-electron chi connectivity index (χ4n) is 3.23. The lowest BCUT2D eigenvalue weighted by Crippen LogP contribution is -2.14. The highest BCUT2D eigenvalue weighted by molar-refractivity contribution is 9.11. The van der Waals surface area contributed by atoms with E-state index in [1.165, 1.54) is 0 Å². The van der Waals surface area contributed by atoms with Gasteiger partial charge in [-0.25, -0.2) is 0 Å². The molecule has 3 rings (SSSR count). The van der Waals surface area contributed by atoms with Crippen molar-refractivity contribution in [3.05, 3.63) is 84.5 Å². The zero-order chi connectivity index (χ0) is 22.0. The molecule has 1 amide bonds. The maximum atomic E-state index is 12.8. The Kier molecular flexibility index (Phi) is 6.87. The second kappa shape index (κ2) is 9.22. The van der Waals surface area contributed by atoms with Crippen LogP contribution in [0.15, 0.2) is 57.0 Å². The van der Waals surface area contributed by atoms with Gasteiger partial charge in [0.25, 0.3) is 5.91 Å². The van der Waals surface area contributed by atoms with E-state index in [1.54, 1.807) is 6.08 Å². The van der Waals surface area contributed by atoms with Crippen molar-refractivity contribution >= 4 is 61.1 Å². The Bertz CT molecular complexity index is 1180. The first-order valence-electron chi connectivity index (χ1n) is 9.05. The van der Waals surface area contributed by atoms with Gasteiger partial charge in [0.05, 0.1) is 5.69 Å². The molecule has 2 aromatic carbocycles. The smallest absolute Gasteiger partial charge is 0.266 e. The van der Waals surface area contributed by atoms with Gasteiger partial charge in [-0.15, -0.1) is 0 Å². The SMILES string of the molecule is Cc1cc(Br)c(NC(=O)/C(C#N)=C/c2cc(C)n(-c3ccc(Cl)cc3)c2C)c(Br)c1. The second-order valence-corrected chi connectivity index (χ2v) is 9.01. The number of halogens is 3. The first-order valence-corrected chi connectivity index (χ1v) is 11.0. The molecule has 0 saturated carbocycles. The van der Waals surface area contributed by atoms with Gasteiger partial charge in [-0.05, 0) is 112 Å². The highest BCUT2D eigenvalue weighted by Gasteiger charge is 2.16. The monoisotopic (exact) mass is 545 g/mol. The van der Waals surface area contributed by atoms with Crippen molar-refractivity contribution in [1.82, 2.24) is 4.57 Å². The minimum absolute atomic E-state index is 0.0192. The average Bonchev–Trinajstić information content (AvgIpc) is 2.96. The van der Waals surface area contributed by atoms with Crippen LogP contribution in [0.3, 0.4) is 0 Å². The molecule has 152 valence electrons. The molecular weight excluding hydrogens is 530 g/mol. The summed E-state index contributed by atoms with van der Waals surface area (Å²) in [5, 5.41) is 13.1. The summed E-state index contributed by atoms with van der Waals surface area (Å²) in [7, 11) is 0. The number of hydrogen-bond donors (Lipinski definition) is 1. The summed E-state index contributed by atoms with van der Waals surface area (Å²) < 4.78 is 3.53. The predicted octanol–water partition coefficient (Wildman–Crippen LogP) is 7.13. The Morgan fingerprint density at radius 1 is 1.10 bits per heavy atom. The topological polar surface area (TPSA) is 57.8 Å².